The highest BCUT2D eigenvalue weighted by Gasteiger charge is 2.25. The molecule has 1 heterocycles. The van der Waals surface area contributed by atoms with Gasteiger partial charge in [-0.05, 0) is 12.8 Å². The first-order chi connectivity index (χ1) is 11.3. The Morgan fingerprint density at radius 1 is 0.783 bits per heavy atom. The summed E-state index contributed by atoms with van der Waals surface area (Å²) in [6, 6.07) is 0.159. The average molecular weight is 324 g/mol. The first-order valence-electron chi connectivity index (χ1n) is 9.45. The van der Waals surface area contributed by atoms with Crippen LogP contribution in [0.3, 0.4) is 0 Å². The molecule has 0 radical (unpaired) electrons. The summed E-state index contributed by atoms with van der Waals surface area (Å²) in [5, 5.41) is 3.00. The summed E-state index contributed by atoms with van der Waals surface area (Å²) in [6.07, 6.45) is 13.4. The van der Waals surface area contributed by atoms with E-state index in [1.54, 1.807) is 4.90 Å². The third-order valence-corrected chi connectivity index (χ3v) is 4.93. The van der Waals surface area contributed by atoms with Crippen LogP contribution in [0.1, 0.15) is 70.6 Å². The molecule has 1 saturated heterocycles. The van der Waals surface area contributed by atoms with Crippen LogP contribution >= 0.6 is 0 Å². The van der Waals surface area contributed by atoms with Gasteiger partial charge in [-0.15, -0.1) is 0 Å². The maximum atomic E-state index is 12.2. The maximum absolute atomic E-state index is 12.2. The molecule has 0 spiro atoms. The van der Waals surface area contributed by atoms with Gasteiger partial charge in [-0.25, -0.2) is 0 Å². The Hall–Kier alpha value is -1.10. The highest BCUT2D eigenvalue weighted by atomic mass is 16.5. The zero-order chi connectivity index (χ0) is 16.3. The van der Waals surface area contributed by atoms with Gasteiger partial charge in [-0.3, -0.25) is 9.59 Å². The molecule has 2 fully saturated rings. The molecule has 1 aliphatic heterocycles. The van der Waals surface area contributed by atoms with E-state index >= 15 is 0 Å². The minimum absolute atomic E-state index is 0.159. The van der Waals surface area contributed by atoms with Crippen LogP contribution < -0.4 is 5.32 Å². The third-order valence-electron chi connectivity index (χ3n) is 4.93. The van der Waals surface area contributed by atoms with Crippen molar-refractivity contribution in [1.29, 1.82) is 0 Å². The van der Waals surface area contributed by atoms with Crippen LogP contribution in [0.25, 0.3) is 0 Å². The number of nitrogens with one attached hydrogen (secondary N) is 1. The van der Waals surface area contributed by atoms with Crippen molar-refractivity contribution in [2.75, 3.05) is 26.3 Å². The summed E-state index contributed by atoms with van der Waals surface area (Å²) >= 11 is 0. The molecule has 5 heteroatoms. The lowest BCUT2D eigenvalue weighted by molar-refractivity contribution is -0.148. The van der Waals surface area contributed by atoms with E-state index in [0.717, 1.165) is 25.7 Å². The Morgan fingerprint density at radius 3 is 1.78 bits per heavy atom. The van der Waals surface area contributed by atoms with Crippen molar-refractivity contribution in [3.8, 4) is 0 Å². The van der Waals surface area contributed by atoms with E-state index in [2.05, 4.69) is 5.32 Å². The maximum Gasteiger partial charge on any atom is 0.312 e. The van der Waals surface area contributed by atoms with Gasteiger partial charge >= 0.3 is 11.8 Å². The fourth-order valence-corrected chi connectivity index (χ4v) is 3.46. The van der Waals surface area contributed by atoms with Crippen molar-refractivity contribution in [2.45, 2.75) is 76.7 Å². The van der Waals surface area contributed by atoms with Crippen LogP contribution in [-0.4, -0.2) is 49.1 Å². The molecule has 1 aliphatic carbocycles. The normalized spacial score (nSPS) is 22.7. The molecule has 1 N–H and O–H groups in total. The van der Waals surface area contributed by atoms with E-state index < -0.39 is 5.91 Å². The first-order valence-corrected chi connectivity index (χ1v) is 9.45. The number of nitrogens with zero attached hydrogens (tertiary/aromatic N) is 1. The van der Waals surface area contributed by atoms with Gasteiger partial charge in [0.1, 0.15) is 0 Å². The van der Waals surface area contributed by atoms with Gasteiger partial charge in [0, 0.05) is 19.1 Å². The Labute approximate surface area is 140 Å². The SMILES string of the molecule is O=C(NC1CCCCCCCCCCC1)C(=O)N1CCOCC1. The second-order valence-corrected chi connectivity index (χ2v) is 6.83. The molecule has 2 aliphatic rings. The minimum Gasteiger partial charge on any atom is -0.378 e. The van der Waals surface area contributed by atoms with Crippen molar-refractivity contribution in [3.05, 3.63) is 0 Å². The summed E-state index contributed by atoms with van der Waals surface area (Å²) in [6.45, 7) is 2.11. The van der Waals surface area contributed by atoms with Gasteiger partial charge in [0.2, 0.25) is 0 Å². The fourth-order valence-electron chi connectivity index (χ4n) is 3.46. The molecule has 0 unspecified atom stereocenters. The van der Waals surface area contributed by atoms with Gasteiger partial charge in [0.05, 0.1) is 13.2 Å². The van der Waals surface area contributed by atoms with Crippen molar-refractivity contribution in [2.24, 2.45) is 0 Å². The van der Waals surface area contributed by atoms with Crippen molar-refractivity contribution in [3.63, 3.8) is 0 Å². The largest absolute Gasteiger partial charge is 0.378 e. The average Bonchev–Trinajstić information content (AvgIpc) is 2.57. The van der Waals surface area contributed by atoms with Crippen LogP contribution in [0.5, 0.6) is 0 Å². The van der Waals surface area contributed by atoms with Crippen molar-refractivity contribution < 1.29 is 14.3 Å². The molecule has 132 valence electrons. The number of rotatable bonds is 1. The Balaban J connectivity index is 1.78. The summed E-state index contributed by atoms with van der Waals surface area (Å²) in [5.41, 5.74) is 0. The summed E-state index contributed by atoms with van der Waals surface area (Å²) in [4.78, 5) is 26.1. The Kier molecular flexibility index (Phi) is 8.43. The quantitative estimate of drug-likeness (QED) is 0.754. The standard InChI is InChI=1S/C18H32N2O3/c21-17(18(22)20-12-14-23-15-13-20)19-16-10-8-6-4-2-1-3-5-7-9-11-16/h16H,1-15H2,(H,19,21). The lowest BCUT2D eigenvalue weighted by atomic mass is 9.98. The fraction of sp³-hybridized carbons (Fsp3) is 0.889. The number of carbonyl (C=O) groups is 2. The predicted octanol–water partition coefficient (Wildman–Crippen LogP) is 2.63. The Bertz CT molecular complexity index is 355. The number of carbonyl (C=O) groups excluding carboxylic acids is 2. The molecule has 1 saturated carbocycles. The Morgan fingerprint density at radius 2 is 1.26 bits per heavy atom. The molecular formula is C18H32N2O3. The molecule has 23 heavy (non-hydrogen) atoms. The number of amides is 2. The van der Waals surface area contributed by atoms with Gasteiger partial charge < -0.3 is 15.0 Å². The molecule has 0 aromatic heterocycles. The van der Waals surface area contributed by atoms with Gasteiger partial charge in [0.15, 0.2) is 0 Å². The van der Waals surface area contributed by atoms with Crippen LogP contribution in [0, 0.1) is 0 Å². The highest BCUT2D eigenvalue weighted by Crippen LogP contribution is 2.17. The van der Waals surface area contributed by atoms with Crippen LogP contribution in [0.2, 0.25) is 0 Å². The van der Waals surface area contributed by atoms with E-state index in [0.29, 0.717) is 26.3 Å². The second-order valence-electron chi connectivity index (χ2n) is 6.83. The number of hydrogen-bond acceptors (Lipinski definition) is 3. The van der Waals surface area contributed by atoms with E-state index in [9.17, 15) is 9.59 Å². The molecule has 2 rings (SSSR count). The van der Waals surface area contributed by atoms with E-state index in [-0.39, 0.29) is 11.9 Å². The molecule has 2 amide bonds. The summed E-state index contributed by atoms with van der Waals surface area (Å²) in [7, 11) is 0. The second kappa shape index (κ2) is 10.6. The highest BCUT2D eigenvalue weighted by molar-refractivity contribution is 6.35. The third kappa shape index (κ3) is 6.90. The number of morpholine rings is 1. The van der Waals surface area contributed by atoms with Crippen molar-refractivity contribution in [1.82, 2.24) is 10.2 Å². The number of hydrogen-bond donors (Lipinski definition) is 1. The molecule has 0 atom stereocenters. The van der Waals surface area contributed by atoms with Crippen molar-refractivity contribution >= 4 is 11.8 Å². The lowest BCUT2D eigenvalue weighted by Crippen LogP contribution is -2.50. The molecule has 0 aromatic carbocycles. The van der Waals surface area contributed by atoms with Crippen LogP contribution in [0.15, 0.2) is 0 Å². The molecule has 5 nitrogen and oxygen atoms in total. The van der Waals surface area contributed by atoms with Gasteiger partial charge in [0.25, 0.3) is 0 Å². The van der Waals surface area contributed by atoms with Gasteiger partial charge in [-0.1, -0.05) is 57.8 Å². The van der Waals surface area contributed by atoms with E-state index in [1.165, 1.54) is 44.9 Å². The van der Waals surface area contributed by atoms with Crippen LogP contribution in [-0.2, 0) is 14.3 Å². The molecule has 0 aromatic rings. The van der Waals surface area contributed by atoms with E-state index in [1.807, 2.05) is 0 Å². The number of ether oxygens (including phenoxy) is 1. The topological polar surface area (TPSA) is 58.6 Å². The van der Waals surface area contributed by atoms with Crippen LogP contribution in [0.4, 0.5) is 0 Å². The zero-order valence-corrected chi connectivity index (χ0v) is 14.4. The summed E-state index contributed by atoms with van der Waals surface area (Å²) in [5.74, 6) is -0.816. The van der Waals surface area contributed by atoms with E-state index in [4.69, 9.17) is 4.74 Å². The molecular weight excluding hydrogens is 292 g/mol. The smallest absolute Gasteiger partial charge is 0.312 e. The zero-order valence-electron chi connectivity index (χ0n) is 14.4. The monoisotopic (exact) mass is 324 g/mol. The van der Waals surface area contributed by atoms with Gasteiger partial charge in [-0.2, -0.15) is 0 Å². The summed E-state index contributed by atoms with van der Waals surface area (Å²) < 4.78 is 5.23. The predicted molar refractivity (Wildman–Crippen MR) is 90.1 cm³/mol. The lowest BCUT2D eigenvalue weighted by Gasteiger charge is -2.27. The first kappa shape index (κ1) is 18.2. The molecule has 0 bridgehead atoms. The minimum atomic E-state index is -0.427.